The largest absolute Gasteiger partial charge is 0.321 e. The summed E-state index contributed by atoms with van der Waals surface area (Å²) in [4.78, 5) is 9.09. The molecule has 29 heavy (non-hydrogen) atoms. The normalized spacial score (nSPS) is 21.4. The standard InChI is InChI=1S/C21H24F2N6/c1-12-7-15-10-25-20(27-17(15)8-16(12)14-3-5-24-6-4-14)28-18-11-26-29(13(18)2)19-9-21(19,22)23/h7-8,10-11,14,19,24H,3-6,9H2,1-2H3,(H,25,27,28). The van der Waals surface area contributed by atoms with Crippen LogP contribution in [-0.4, -0.2) is 38.8 Å². The molecule has 0 amide bonds. The number of aromatic nitrogens is 4. The lowest BCUT2D eigenvalue weighted by atomic mass is 9.87. The number of anilines is 2. The molecule has 5 rings (SSSR count). The fourth-order valence-electron chi connectivity index (χ4n) is 4.29. The Morgan fingerprint density at radius 2 is 1.93 bits per heavy atom. The van der Waals surface area contributed by atoms with Gasteiger partial charge in [-0.3, -0.25) is 4.68 Å². The predicted molar refractivity (Wildman–Crippen MR) is 108 cm³/mol. The van der Waals surface area contributed by atoms with E-state index in [2.05, 4.69) is 44.8 Å². The first-order chi connectivity index (χ1) is 13.9. The number of aryl methyl sites for hydroxylation is 1. The Balaban J connectivity index is 1.43. The van der Waals surface area contributed by atoms with Gasteiger partial charge in [0.2, 0.25) is 5.95 Å². The second-order valence-corrected chi connectivity index (χ2v) is 8.18. The molecule has 2 fully saturated rings. The molecule has 0 radical (unpaired) electrons. The Morgan fingerprint density at radius 3 is 2.66 bits per heavy atom. The Bertz CT molecular complexity index is 1070. The van der Waals surface area contributed by atoms with Crippen LogP contribution in [0.3, 0.4) is 0 Å². The molecule has 2 N–H and O–H groups in total. The van der Waals surface area contributed by atoms with Crippen LogP contribution in [0.15, 0.2) is 24.5 Å². The van der Waals surface area contributed by atoms with E-state index >= 15 is 0 Å². The van der Waals surface area contributed by atoms with Gasteiger partial charge in [-0.15, -0.1) is 0 Å². The molecule has 6 nitrogen and oxygen atoms in total. The molecule has 1 unspecified atom stereocenters. The van der Waals surface area contributed by atoms with Crippen molar-refractivity contribution in [2.75, 3.05) is 18.4 Å². The molecule has 1 aliphatic carbocycles. The molecule has 152 valence electrons. The SMILES string of the molecule is Cc1cc2cnc(Nc3cnn(C4CC4(F)F)c3C)nc2cc1C1CCNCC1. The zero-order valence-electron chi connectivity index (χ0n) is 16.5. The van der Waals surface area contributed by atoms with E-state index in [1.807, 2.05) is 0 Å². The van der Waals surface area contributed by atoms with Crippen molar-refractivity contribution in [1.82, 2.24) is 25.1 Å². The number of nitrogens with zero attached hydrogens (tertiary/aromatic N) is 4. The Hall–Kier alpha value is -2.61. The summed E-state index contributed by atoms with van der Waals surface area (Å²) in [5.41, 5.74) is 4.83. The van der Waals surface area contributed by atoms with Crippen molar-refractivity contribution < 1.29 is 8.78 Å². The van der Waals surface area contributed by atoms with Gasteiger partial charge in [0.25, 0.3) is 5.92 Å². The van der Waals surface area contributed by atoms with Crippen LogP contribution in [-0.2, 0) is 0 Å². The van der Waals surface area contributed by atoms with Gasteiger partial charge in [-0.25, -0.2) is 18.7 Å². The summed E-state index contributed by atoms with van der Waals surface area (Å²) in [6.07, 6.45) is 5.48. The minimum atomic E-state index is -2.66. The number of benzene rings is 1. The lowest BCUT2D eigenvalue weighted by Gasteiger charge is -2.24. The van der Waals surface area contributed by atoms with E-state index in [9.17, 15) is 8.78 Å². The molecule has 8 heteroatoms. The van der Waals surface area contributed by atoms with Gasteiger partial charge in [0, 0.05) is 18.0 Å². The van der Waals surface area contributed by atoms with E-state index in [-0.39, 0.29) is 6.42 Å². The van der Waals surface area contributed by atoms with Gasteiger partial charge >= 0.3 is 0 Å². The van der Waals surface area contributed by atoms with E-state index in [1.54, 1.807) is 19.3 Å². The Morgan fingerprint density at radius 1 is 1.17 bits per heavy atom. The lowest BCUT2D eigenvalue weighted by molar-refractivity contribution is 0.0979. The number of nitrogens with one attached hydrogen (secondary N) is 2. The van der Waals surface area contributed by atoms with Crippen LogP contribution in [0.2, 0.25) is 0 Å². The molecule has 1 saturated heterocycles. The van der Waals surface area contributed by atoms with Gasteiger partial charge in [-0.05, 0) is 69.0 Å². The van der Waals surface area contributed by atoms with Crippen LogP contribution in [0.5, 0.6) is 0 Å². The topological polar surface area (TPSA) is 67.7 Å². The van der Waals surface area contributed by atoms with Crippen molar-refractivity contribution in [1.29, 1.82) is 0 Å². The molecule has 2 aromatic heterocycles. The molecule has 2 aliphatic rings. The third-order valence-electron chi connectivity index (χ3n) is 6.13. The molecule has 1 atom stereocenters. The fourth-order valence-corrected chi connectivity index (χ4v) is 4.29. The molecule has 1 aliphatic heterocycles. The van der Waals surface area contributed by atoms with E-state index < -0.39 is 12.0 Å². The molecular formula is C21H24F2N6. The smallest absolute Gasteiger partial charge is 0.272 e. The van der Waals surface area contributed by atoms with Crippen molar-refractivity contribution in [2.45, 2.75) is 51.0 Å². The van der Waals surface area contributed by atoms with Crippen molar-refractivity contribution in [3.8, 4) is 0 Å². The van der Waals surface area contributed by atoms with E-state index in [1.165, 1.54) is 15.8 Å². The zero-order valence-corrected chi connectivity index (χ0v) is 16.5. The molecule has 0 bridgehead atoms. The first-order valence-electron chi connectivity index (χ1n) is 10.1. The highest BCUT2D eigenvalue weighted by molar-refractivity contribution is 5.81. The second kappa shape index (κ2) is 6.73. The van der Waals surface area contributed by atoms with Crippen molar-refractivity contribution in [3.63, 3.8) is 0 Å². The minimum Gasteiger partial charge on any atom is -0.321 e. The zero-order chi connectivity index (χ0) is 20.2. The van der Waals surface area contributed by atoms with Crippen LogP contribution in [0.1, 0.15) is 48.0 Å². The number of rotatable bonds is 4. The Kier molecular flexibility index (Phi) is 4.27. The summed E-state index contributed by atoms with van der Waals surface area (Å²) in [5, 5.41) is 11.7. The first-order valence-corrected chi connectivity index (χ1v) is 10.1. The first kappa shape index (κ1) is 18.4. The monoisotopic (exact) mass is 398 g/mol. The summed E-state index contributed by atoms with van der Waals surface area (Å²) in [6.45, 7) is 6.02. The van der Waals surface area contributed by atoms with Gasteiger partial charge in [0.1, 0.15) is 6.04 Å². The van der Waals surface area contributed by atoms with Crippen LogP contribution in [0.25, 0.3) is 10.9 Å². The van der Waals surface area contributed by atoms with E-state index in [0.29, 0.717) is 23.2 Å². The molecule has 1 saturated carbocycles. The molecule has 3 aromatic rings. The number of piperidine rings is 1. The summed E-state index contributed by atoms with van der Waals surface area (Å²) in [7, 11) is 0. The highest BCUT2D eigenvalue weighted by Crippen LogP contribution is 2.53. The number of fused-ring (bicyclic) bond motifs is 1. The third kappa shape index (κ3) is 3.35. The summed E-state index contributed by atoms with van der Waals surface area (Å²) >= 11 is 0. The highest BCUT2D eigenvalue weighted by atomic mass is 19.3. The van der Waals surface area contributed by atoms with Crippen molar-refractivity contribution in [2.24, 2.45) is 0 Å². The van der Waals surface area contributed by atoms with Crippen LogP contribution < -0.4 is 10.6 Å². The third-order valence-corrected chi connectivity index (χ3v) is 6.13. The van der Waals surface area contributed by atoms with Crippen LogP contribution in [0.4, 0.5) is 20.4 Å². The quantitative estimate of drug-likeness (QED) is 0.688. The lowest BCUT2D eigenvalue weighted by Crippen LogP contribution is -2.26. The molecule has 0 spiro atoms. The van der Waals surface area contributed by atoms with Gasteiger partial charge in [0.15, 0.2) is 0 Å². The maximum Gasteiger partial charge on any atom is 0.272 e. The Labute approximate surface area is 167 Å². The second-order valence-electron chi connectivity index (χ2n) is 8.18. The maximum absolute atomic E-state index is 13.4. The van der Waals surface area contributed by atoms with Gasteiger partial charge in [0.05, 0.1) is 23.1 Å². The number of alkyl halides is 2. The average Bonchev–Trinajstić information content (AvgIpc) is 3.19. The molecular weight excluding hydrogens is 374 g/mol. The number of halogens is 2. The predicted octanol–water partition coefficient (Wildman–Crippen LogP) is 4.23. The van der Waals surface area contributed by atoms with E-state index in [0.717, 1.165) is 36.8 Å². The summed E-state index contributed by atoms with van der Waals surface area (Å²) < 4.78 is 28.2. The molecule has 1 aromatic carbocycles. The van der Waals surface area contributed by atoms with E-state index in [4.69, 9.17) is 0 Å². The summed E-state index contributed by atoms with van der Waals surface area (Å²) in [5.74, 6) is -1.66. The van der Waals surface area contributed by atoms with Crippen molar-refractivity contribution in [3.05, 3.63) is 41.3 Å². The van der Waals surface area contributed by atoms with Gasteiger partial charge in [-0.2, -0.15) is 5.10 Å². The van der Waals surface area contributed by atoms with Crippen LogP contribution in [0, 0.1) is 13.8 Å². The highest BCUT2D eigenvalue weighted by Gasteiger charge is 2.59. The van der Waals surface area contributed by atoms with Gasteiger partial charge < -0.3 is 10.6 Å². The number of hydrogen-bond donors (Lipinski definition) is 2. The van der Waals surface area contributed by atoms with Gasteiger partial charge in [-0.1, -0.05) is 0 Å². The fraction of sp³-hybridized carbons (Fsp3) is 0.476. The molecule has 3 heterocycles. The van der Waals surface area contributed by atoms with Crippen LogP contribution >= 0.6 is 0 Å². The number of hydrogen-bond acceptors (Lipinski definition) is 5. The maximum atomic E-state index is 13.4. The minimum absolute atomic E-state index is 0.153. The summed E-state index contributed by atoms with van der Waals surface area (Å²) in [6, 6.07) is 3.48. The van der Waals surface area contributed by atoms with Crippen molar-refractivity contribution >= 4 is 22.5 Å². The average molecular weight is 398 g/mol.